The average Bonchev–Trinajstić information content (AvgIpc) is 2.68. The predicted octanol–water partition coefficient (Wildman–Crippen LogP) is 4.53. The Bertz CT molecular complexity index is 982. The fourth-order valence-corrected chi connectivity index (χ4v) is 2.70. The van der Waals surface area contributed by atoms with Gasteiger partial charge in [0, 0.05) is 24.1 Å². The molecule has 0 fully saturated rings. The molecular formula is C22H20N2O3. The summed E-state index contributed by atoms with van der Waals surface area (Å²) >= 11 is 0. The molecule has 5 nitrogen and oxygen atoms in total. The Morgan fingerprint density at radius 3 is 2.37 bits per heavy atom. The highest BCUT2D eigenvalue weighted by molar-refractivity contribution is 6.16. The zero-order chi connectivity index (χ0) is 19.2. The molecule has 3 aromatic rings. The first-order valence-corrected chi connectivity index (χ1v) is 8.46. The zero-order valence-electron chi connectivity index (χ0n) is 15.1. The Balaban J connectivity index is 2.18. The van der Waals surface area contributed by atoms with Crippen molar-refractivity contribution in [3.8, 4) is 11.5 Å². The molecule has 0 spiro atoms. The van der Waals surface area contributed by atoms with Crippen LogP contribution in [0.2, 0.25) is 0 Å². The number of benzene rings is 3. The van der Waals surface area contributed by atoms with Gasteiger partial charge in [0.2, 0.25) is 5.91 Å². The number of carbonyl (C=O) groups is 1. The van der Waals surface area contributed by atoms with Crippen molar-refractivity contribution in [1.82, 2.24) is 0 Å². The number of carbonyl (C=O) groups excluding carboxylic acids is 1. The van der Waals surface area contributed by atoms with Crippen LogP contribution in [0.3, 0.4) is 0 Å². The first-order valence-electron chi connectivity index (χ1n) is 8.46. The van der Waals surface area contributed by atoms with Gasteiger partial charge in [-0.05, 0) is 24.3 Å². The zero-order valence-corrected chi connectivity index (χ0v) is 15.1. The van der Waals surface area contributed by atoms with Crippen LogP contribution in [0.4, 0.5) is 11.4 Å². The van der Waals surface area contributed by atoms with Gasteiger partial charge in [-0.15, -0.1) is 0 Å². The maximum Gasteiger partial charge on any atom is 0.221 e. The highest BCUT2D eigenvalue weighted by Crippen LogP contribution is 2.30. The highest BCUT2D eigenvalue weighted by Gasteiger charge is 2.14. The number of amides is 1. The van der Waals surface area contributed by atoms with E-state index in [0.29, 0.717) is 28.4 Å². The van der Waals surface area contributed by atoms with Gasteiger partial charge in [0.15, 0.2) is 0 Å². The topological polar surface area (TPSA) is 70.9 Å². The van der Waals surface area contributed by atoms with E-state index in [4.69, 9.17) is 9.73 Å². The number of rotatable bonds is 5. The molecule has 0 saturated heterocycles. The minimum atomic E-state index is -0.175. The van der Waals surface area contributed by atoms with Crippen molar-refractivity contribution in [3.63, 3.8) is 0 Å². The first-order chi connectivity index (χ1) is 13.1. The second kappa shape index (κ2) is 8.19. The van der Waals surface area contributed by atoms with E-state index >= 15 is 0 Å². The molecule has 0 heterocycles. The third-order valence-electron chi connectivity index (χ3n) is 3.95. The fourth-order valence-electron chi connectivity index (χ4n) is 2.70. The van der Waals surface area contributed by atoms with Crippen LogP contribution in [0, 0.1) is 0 Å². The summed E-state index contributed by atoms with van der Waals surface area (Å²) in [6, 6.07) is 21.9. The van der Waals surface area contributed by atoms with Crippen molar-refractivity contribution in [2.75, 3.05) is 12.4 Å². The molecule has 27 heavy (non-hydrogen) atoms. The Kier molecular flexibility index (Phi) is 5.52. The number of ether oxygens (including phenoxy) is 1. The molecule has 0 radical (unpaired) electrons. The summed E-state index contributed by atoms with van der Waals surface area (Å²) in [6.07, 6.45) is 0. The van der Waals surface area contributed by atoms with Gasteiger partial charge in [-0.25, -0.2) is 4.99 Å². The molecular weight excluding hydrogens is 340 g/mol. The number of para-hydroxylation sites is 2. The first kappa shape index (κ1) is 18.2. The lowest BCUT2D eigenvalue weighted by molar-refractivity contribution is -0.114. The number of nitrogens with one attached hydrogen (secondary N) is 1. The van der Waals surface area contributed by atoms with Crippen molar-refractivity contribution >= 4 is 23.0 Å². The minimum Gasteiger partial charge on any atom is -0.507 e. The van der Waals surface area contributed by atoms with Crippen molar-refractivity contribution in [2.45, 2.75) is 6.92 Å². The lowest BCUT2D eigenvalue weighted by Gasteiger charge is -2.12. The number of phenolic OH excluding ortho intramolecular Hbond substituents is 1. The standard InChI is InChI=1S/C22H20N2O3/c1-15(25)23-19-10-6-7-11-20(19)24-22(16-8-4-3-5-9-16)18-13-12-17(27-2)14-21(18)26/h3-14,26H,1-2H3,(H,23,25). The Morgan fingerprint density at radius 2 is 1.70 bits per heavy atom. The predicted molar refractivity (Wildman–Crippen MR) is 107 cm³/mol. The van der Waals surface area contributed by atoms with E-state index in [1.807, 2.05) is 48.5 Å². The summed E-state index contributed by atoms with van der Waals surface area (Å²) in [5, 5.41) is 13.3. The number of hydrogen-bond donors (Lipinski definition) is 2. The monoisotopic (exact) mass is 360 g/mol. The minimum absolute atomic E-state index is 0.0639. The van der Waals surface area contributed by atoms with Gasteiger partial charge in [0.05, 0.1) is 24.2 Å². The molecule has 2 N–H and O–H groups in total. The molecule has 0 atom stereocenters. The summed E-state index contributed by atoms with van der Waals surface area (Å²) in [7, 11) is 1.55. The van der Waals surface area contributed by atoms with Crippen molar-refractivity contribution < 1.29 is 14.6 Å². The lowest BCUT2D eigenvalue weighted by atomic mass is 10.0. The van der Waals surface area contributed by atoms with E-state index in [9.17, 15) is 9.90 Å². The Labute approximate surface area is 158 Å². The maximum atomic E-state index is 11.5. The number of nitrogens with zero attached hydrogens (tertiary/aromatic N) is 1. The number of phenols is 1. The van der Waals surface area contributed by atoms with Gasteiger partial charge in [0.1, 0.15) is 11.5 Å². The molecule has 0 bridgehead atoms. The Hall–Kier alpha value is -3.60. The van der Waals surface area contributed by atoms with Crippen molar-refractivity contribution in [2.24, 2.45) is 4.99 Å². The molecule has 5 heteroatoms. The number of anilines is 1. The van der Waals surface area contributed by atoms with Crippen molar-refractivity contribution in [3.05, 3.63) is 83.9 Å². The quantitative estimate of drug-likeness (QED) is 0.657. The summed E-state index contributed by atoms with van der Waals surface area (Å²) in [4.78, 5) is 16.3. The number of methoxy groups -OCH3 is 1. The van der Waals surface area contributed by atoms with Crippen LogP contribution in [0.15, 0.2) is 77.8 Å². The molecule has 0 unspecified atom stereocenters. The largest absolute Gasteiger partial charge is 0.507 e. The molecule has 1 amide bonds. The van der Waals surface area contributed by atoms with E-state index in [1.54, 1.807) is 31.4 Å². The summed E-state index contributed by atoms with van der Waals surface area (Å²) < 4.78 is 5.17. The van der Waals surface area contributed by atoms with Crippen LogP contribution in [0.1, 0.15) is 18.1 Å². The summed E-state index contributed by atoms with van der Waals surface area (Å²) in [6.45, 7) is 1.45. The second-order valence-electron chi connectivity index (χ2n) is 5.91. The van der Waals surface area contributed by atoms with Crippen molar-refractivity contribution in [1.29, 1.82) is 0 Å². The average molecular weight is 360 g/mol. The normalized spacial score (nSPS) is 11.1. The van der Waals surface area contributed by atoms with Crippen LogP contribution in [0.25, 0.3) is 0 Å². The van der Waals surface area contributed by atoms with Gasteiger partial charge >= 0.3 is 0 Å². The van der Waals surface area contributed by atoms with E-state index in [1.165, 1.54) is 6.92 Å². The van der Waals surface area contributed by atoms with E-state index in [0.717, 1.165) is 5.56 Å². The summed E-state index contributed by atoms with van der Waals surface area (Å²) in [5.41, 5.74) is 3.21. The fraction of sp³-hybridized carbons (Fsp3) is 0.0909. The molecule has 3 aromatic carbocycles. The van der Waals surface area contributed by atoms with Crippen LogP contribution in [0.5, 0.6) is 11.5 Å². The molecule has 0 aliphatic rings. The van der Waals surface area contributed by atoms with Gasteiger partial charge in [0.25, 0.3) is 0 Å². The second-order valence-corrected chi connectivity index (χ2v) is 5.91. The van der Waals surface area contributed by atoms with Crippen LogP contribution < -0.4 is 10.1 Å². The molecule has 0 aliphatic carbocycles. The van der Waals surface area contributed by atoms with Gasteiger partial charge in [-0.2, -0.15) is 0 Å². The summed E-state index contributed by atoms with van der Waals surface area (Å²) in [5.74, 6) is 0.447. The third-order valence-corrected chi connectivity index (χ3v) is 3.95. The molecule has 136 valence electrons. The molecule has 0 aliphatic heterocycles. The highest BCUT2D eigenvalue weighted by atomic mass is 16.5. The van der Waals surface area contributed by atoms with E-state index in [2.05, 4.69) is 5.32 Å². The maximum absolute atomic E-state index is 11.5. The van der Waals surface area contributed by atoms with Gasteiger partial charge < -0.3 is 15.2 Å². The van der Waals surface area contributed by atoms with Gasteiger partial charge in [-0.1, -0.05) is 42.5 Å². The SMILES string of the molecule is COc1ccc(C(=Nc2ccccc2NC(C)=O)c2ccccc2)c(O)c1. The third kappa shape index (κ3) is 4.33. The van der Waals surface area contributed by atoms with Crippen LogP contribution in [-0.4, -0.2) is 23.8 Å². The molecule has 0 aromatic heterocycles. The smallest absolute Gasteiger partial charge is 0.221 e. The number of aliphatic imine (C=N–C) groups is 1. The molecule has 0 saturated carbocycles. The number of aromatic hydroxyl groups is 1. The molecule has 3 rings (SSSR count). The van der Waals surface area contributed by atoms with Gasteiger partial charge in [-0.3, -0.25) is 4.79 Å². The van der Waals surface area contributed by atoms with E-state index in [-0.39, 0.29) is 11.7 Å². The number of hydrogen-bond acceptors (Lipinski definition) is 4. The van der Waals surface area contributed by atoms with Crippen LogP contribution >= 0.6 is 0 Å². The van der Waals surface area contributed by atoms with Crippen LogP contribution in [-0.2, 0) is 4.79 Å². The Morgan fingerprint density at radius 1 is 1.00 bits per heavy atom. The lowest BCUT2D eigenvalue weighted by Crippen LogP contribution is -2.07. The van der Waals surface area contributed by atoms with E-state index < -0.39 is 0 Å².